The third-order valence-electron chi connectivity index (χ3n) is 3.48. The molecule has 3 heteroatoms. The standard InChI is InChI=1S/C13H22N2S/c1-4-6-9(14)12-15-11-10(16-12)7-5-8-13(11,2)3/h9H,4-8,14H2,1-3H3. The van der Waals surface area contributed by atoms with Crippen molar-refractivity contribution in [2.75, 3.05) is 0 Å². The molecule has 16 heavy (non-hydrogen) atoms. The molecular weight excluding hydrogens is 216 g/mol. The van der Waals surface area contributed by atoms with E-state index in [1.54, 1.807) is 0 Å². The van der Waals surface area contributed by atoms with E-state index in [1.165, 1.54) is 29.8 Å². The SMILES string of the molecule is CCCC(N)c1nc2c(s1)CCCC2(C)C. The highest BCUT2D eigenvalue weighted by atomic mass is 32.1. The normalized spacial score (nSPS) is 20.5. The Kier molecular flexibility index (Phi) is 3.36. The molecule has 1 atom stereocenters. The summed E-state index contributed by atoms with van der Waals surface area (Å²) in [5, 5.41) is 1.15. The smallest absolute Gasteiger partial charge is 0.110 e. The van der Waals surface area contributed by atoms with Gasteiger partial charge in [-0.25, -0.2) is 4.98 Å². The van der Waals surface area contributed by atoms with Crippen molar-refractivity contribution in [3.05, 3.63) is 15.6 Å². The van der Waals surface area contributed by atoms with E-state index in [-0.39, 0.29) is 11.5 Å². The molecule has 1 aromatic heterocycles. The molecule has 90 valence electrons. The Morgan fingerprint density at radius 3 is 2.88 bits per heavy atom. The van der Waals surface area contributed by atoms with Gasteiger partial charge in [0.25, 0.3) is 0 Å². The average Bonchev–Trinajstić information content (AvgIpc) is 2.63. The van der Waals surface area contributed by atoms with Crippen LogP contribution in [0.2, 0.25) is 0 Å². The molecule has 0 fully saturated rings. The number of rotatable bonds is 3. The molecule has 0 radical (unpaired) electrons. The quantitative estimate of drug-likeness (QED) is 0.874. The Hall–Kier alpha value is -0.410. The second-order valence-corrected chi connectivity index (χ2v) is 6.57. The topological polar surface area (TPSA) is 38.9 Å². The zero-order valence-corrected chi connectivity index (χ0v) is 11.4. The van der Waals surface area contributed by atoms with Gasteiger partial charge in [0, 0.05) is 10.3 Å². The fourth-order valence-corrected chi connectivity index (χ4v) is 3.79. The van der Waals surface area contributed by atoms with Gasteiger partial charge in [0.2, 0.25) is 0 Å². The molecule has 1 aliphatic carbocycles. The summed E-state index contributed by atoms with van der Waals surface area (Å²) in [7, 11) is 0. The van der Waals surface area contributed by atoms with Crippen molar-refractivity contribution in [1.82, 2.24) is 4.98 Å². The van der Waals surface area contributed by atoms with E-state index < -0.39 is 0 Å². The predicted molar refractivity (Wildman–Crippen MR) is 69.9 cm³/mol. The van der Waals surface area contributed by atoms with Crippen molar-refractivity contribution in [3.8, 4) is 0 Å². The predicted octanol–water partition coefficient (Wildman–Crippen LogP) is 3.56. The molecule has 2 nitrogen and oxygen atoms in total. The zero-order valence-electron chi connectivity index (χ0n) is 10.5. The second kappa shape index (κ2) is 4.46. The van der Waals surface area contributed by atoms with E-state index in [0.717, 1.165) is 17.8 Å². The summed E-state index contributed by atoms with van der Waals surface area (Å²) < 4.78 is 0. The molecule has 1 aliphatic rings. The number of hydrogen-bond acceptors (Lipinski definition) is 3. The maximum absolute atomic E-state index is 6.15. The summed E-state index contributed by atoms with van der Waals surface area (Å²) >= 11 is 1.85. The molecule has 0 aromatic carbocycles. The van der Waals surface area contributed by atoms with Gasteiger partial charge in [-0.05, 0) is 25.7 Å². The van der Waals surface area contributed by atoms with E-state index in [0.29, 0.717) is 0 Å². The molecule has 0 aliphatic heterocycles. The first kappa shape index (κ1) is 12.1. The van der Waals surface area contributed by atoms with Crippen LogP contribution in [0, 0.1) is 0 Å². The minimum atomic E-state index is 0.149. The molecule has 0 spiro atoms. The van der Waals surface area contributed by atoms with E-state index in [9.17, 15) is 0 Å². The lowest BCUT2D eigenvalue weighted by atomic mass is 9.79. The minimum Gasteiger partial charge on any atom is -0.322 e. The van der Waals surface area contributed by atoms with Crippen molar-refractivity contribution in [2.24, 2.45) is 5.73 Å². The Bertz CT molecular complexity index is 368. The number of nitrogens with two attached hydrogens (primary N) is 1. The molecule has 2 N–H and O–H groups in total. The number of nitrogens with zero attached hydrogens (tertiary/aromatic N) is 1. The van der Waals surface area contributed by atoms with Crippen molar-refractivity contribution in [3.63, 3.8) is 0 Å². The van der Waals surface area contributed by atoms with Crippen LogP contribution in [0.1, 0.15) is 68.1 Å². The maximum Gasteiger partial charge on any atom is 0.110 e. The van der Waals surface area contributed by atoms with Crippen molar-refractivity contribution < 1.29 is 0 Å². The Balaban J connectivity index is 2.29. The number of aryl methyl sites for hydroxylation is 1. The highest BCUT2D eigenvalue weighted by Crippen LogP contribution is 2.40. The monoisotopic (exact) mass is 238 g/mol. The summed E-state index contributed by atoms with van der Waals surface area (Å²) in [6, 6.07) is 0.149. The first-order chi connectivity index (χ1) is 7.54. The van der Waals surface area contributed by atoms with Crippen LogP contribution in [0.5, 0.6) is 0 Å². The molecule has 0 bridgehead atoms. The molecule has 0 saturated carbocycles. The highest BCUT2D eigenvalue weighted by molar-refractivity contribution is 7.11. The third-order valence-corrected chi connectivity index (χ3v) is 4.72. The Morgan fingerprint density at radius 2 is 2.25 bits per heavy atom. The van der Waals surface area contributed by atoms with Crippen LogP contribution in [-0.2, 0) is 11.8 Å². The van der Waals surface area contributed by atoms with Gasteiger partial charge < -0.3 is 5.73 Å². The number of thiazole rings is 1. The van der Waals surface area contributed by atoms with Gasteiger partial charge in [-0.1, -0.05) is 27.2 Å². The summed E-state index contributed by atoms with van der Waals surface area (Å²) in [6.07, 6.45) is 5.94. The van der Waals surface area contributed by atoms with Gasteiger partial charge >= 0.3 is 0 Å². The Morgan fingerprint density at radius 1 is 1.50 bits per heavy atom. The summed E-state index contributed by atoms with van der Waals surface area (Å²) in [5.74, 6) is 0. The van der Waals surface area contributed by atoms with Gasteiger partial charge in [0.05, 0.1) is 11.7 Å². The van der Waals surface area contributed by atoms with Crippen LogP contribution in [0.25, 0.3) is 0 Å². The molecule has 0 amide bonds. The fraction of sp³-hybridized carbons (Fsp3) is 0.769. The van der Waals surface area contributed by atoms with E-state index >= 15 is 0 Å². The molecule has 2 rings (SSSR count). The first-order valence-electron chi connectivity index (χ1n) is 6.30. The summed E-state index contributed by atoms with van der Waals surface area (Å²) in [6.45, 7) is 6.79. The lowest BCUT2D eigenvalue weighted by molar-refractivity contribution is 0.422. The van der Waals surface area contributed by atoms with Gasteiger partial charge in [-0.15, -0.1) is 11.3 Å². The van der Waals surface area contributed by atoms with Crippen molar-refractivity contribution in [1.29, 1.82) is 0 Å². The third kappa shape index (κ3) is 2.16. The van der Waals surface area contributed by atoms with E-state index in [2.05, 4.69) is 20.8 Å². The fourth-order valence-electron chi connectivity index (χ4n) is 2.47. The van der Waals surface area contributed by atoms with Crippen LogP contribution in [-0.4, -0.2) is 4.98 Å². The largest absolute Gasteiger partial charge is 0.322 e. The second-order valence-electron chi connectivity index (χ2n) is 5.46. The van der Waals surface area contributed by atoms with Crippen LogP contribution < -0.4 is 5.73 Å². The molecule has 1 heterocycles. The van der Waals surface area contributed by atoms with Gasteiger partial charge in [-0.3, -0.25) is 0 Å². The van der Waals surface area contributed by atoms with E-state index in [1.807, 2.05) is 11.3 Å². The van der Waals surface area contributed by atoms with Crippen LogP contribution in [0.3, 0.4) is 0 Å². The van der Waals surface area contributed by atoms with Crippen LogP contribution >= 0.6 is 11.3 Å². The highest BCUT2D eigenvalue weighted by Gasteiger charge is 2.31. The van der Waals surface area contributed by atoms with Gasteiger partial charge in [-0.2, -0.15) is 0 Å². The number of hydrogen-bond donors (Lipinski definition) is 1. The maximum atomic E-state index is 6.15. The van der Waals surface area contributed by atoms with Crippen LogP contribution in [0.4, 0.5) is 0 Å². The van der Waals surface area contributed by atoms with Crippen molar-refractivity contribution >= 4 is 11.3 Å². The summed E-state index contributed by atoms with van der Waals surface area (Å²) in [5.41, 5.74) is 7.74. The molecular formula is C13H22N2S. The molecule has 1 aromatic rings. The number of fused-ring (bicyclic) bond motifs is 1. The minimum absolute atomic E-state index is 0.149. The van der Waals surface area contributed by atoms with Gasteiger partial charge in [0.15, 0.2) is 0 Å². The van der Waals surface area contributed by atoms with E-state index in [4.69, 9.17) is 10.7 Å². The van der Waals surface area contributed by atoms with Crippen molar-refractivity contribution in [2.45, 2.75) is 64.3 Å². The lowest BCUT2D eigenvalue weighted by Crippen LogP contribution is -2.23. The van der Waals surface area contributed by atoms with Crippen LogP contribution in [0.15, 0.2) is 0 Å². The Labute approximate surface area is 102 Å². The zero-order chi connectivity index (χ0) is 11.8. The molecule has 0 saturated heterocycles. The first-order valence-corrected chi connectivity index (χ1v) is 7.12. The number of aromatic nitrogens is 1. The average molecular weight is 238 g/mol. The summed E-state index contributed by atoms with van der Waals surface area (Å²) in [4.78, 5) is 6.30. The molecule has 1 unspecified atom stereocenters. The van der Waals surface area contributed by atoms with Gasteiger partial charge in [0.1, 0.15) is 5.01 Å². The lowest BCUT2D eigenvalue weighted by Gasteiger charge is -2.28.